The third-order valence-corrected chi connectivity index (χ3v) is 12.5. The second-order valence-corrected chi connectivity index (χ2v) is 16.4. The van der Waals surface area contributed by atoms with Crippen molar-refractivity contribution in [1.82, 2.24) is 0 Å². The molecule has 0 amide bonds. The monoisotopic (exact) mass is 720 g/mol. The van der Waals surface area contributed by atoms with Crippen molar-refractivity contribution in [2.24, 2.45) is 0 Å². The summed E-state index contributed by atoms with van der Waals surface area (Å²) in [5.41, 5.74) is 11.5. The van der Waals surface area contributed by atoms with E-state index in [1.165, 1.54) is 88.0 Å². The van der Waals surface area contributed by atoms with Crippen molar-refractivity contribution in [2.45, 2.75) is 38.5 Å². The standard InChI is InChI=1S/C54H40O2/c1-53(2)44-23-7-9-25-46(44)55-48-27-13-21-40(51(48)53)36-17-11-19-38-42(36)32-43-37(18-12-20-39(43)50(38)35-30-29-33-15-5-6-16-34(33)31-35)41-22-14-28-49-52(41)54(3,4)45-24-8-10-26-47(45)56-49/h5-32H,1-4H3. The molecule has 0 fully saturated rings. The van der Waals surface area contributed by atoms with E-state index in [2.05, 4.69) is 198 Å². The summed E-state index contributed by atoms with van der Waals surface area (Å²) >= 11 is 0. The molecule has 2 aliphatic heterocycles. The Morgan fingerprint density at radius 2 is 0.786 bits per heavy atom. The number of rotatable bonds is 3. The van der Waals surface area contributed by atoms with Gasteiger partial charge in [0.25, 0.3) is 0 Å². The van der Waals surface area contributed by atoms with Gasteiger partial charge in [-0.1, -0.05) is 161 Å². The zero-order chi connectivity index (χ0) is 37.8. The van der Waals surface area contributed by atoms with Crippen molar-refractivity contribution >= 4 is 32.3 Å². The molecule has 0 saturated carbocycles. The molecule has 9 aromatic carbocycles. The van der Waals surface area contributed by atoms with Crippen LogP contribution in [0.15, 0.2) is 170 Å². The highest BCUT2D eigenvalue weighted by molar-refractivity contribution is 6.19. The lowest BCUT2D eigenvalue weighted by molar-refractivity contribution is 0.418. The lowest BCUT2D eigenvalue weighted by atomic mass is 9.72. The fraction of sp³-hybridized carbons (Fsp3) is 0.111. The minimum atomic E-state index is -0.281. The minimum Gasteiger partial charge on any atom is -0.457 e. The van der Waals surface area contributed by atoms with Gasteiger partial charge in [-0.2, -0.15) is 0 Å². The Bertz CT molecular complexity index is 2920. The van der Waals surface area contributed by atoms with E-state index in [0.717, 1.165) is 23.0 Å². The average molecular weight is 721 g/mol. The van der Waals surface area contributed by atoms with E-state index in [4.69, 9.17) is 9.47 Å². The molecule has 0 radical (unpaired) electrons. The maximum Gasteiger partial charge on any atom is 0.132 e. The first-order valence-corrected chi connectivity index (χ1v) is 19.6. The highest BCUT2D eigenvalue weighted by atomic mass is 16.5. The predicted octanol–water partition coefficient (Wildman–Crippen LogP) is 15.0. The van der Waals surface area contributed by atoms with E-state index in [9.17, 15) is 0 Å². The van der Waals surface area contributed by atoms with Crippen LogP contribution in [-0.4, -0.2) is 0 Å². The van der Waals surface area contributed by atoms with Gasteiger partial charge in [-0.05, 0) is 102 Å². The molecule has 0 saturated heterocycles. The first kappa shape index (κ1) is 32.8. The quantitative estimate of drug-likeness (QED) is 0.169. The summed E-state index contributed by atoms with van der Waals surface area (Å²) < 4.78 is 13.3. The highest BCUT2D eigenvalue weighted by Crippen LogP contribution is 2.55. The first-order chi connectivity index (χ1) is 27.3. The molecule has 11 rings (SSSR count). The normalized spacial score (nSPS) is 14.6. The Hall–Kier alpha value is -6.64. The molecule has 0 atom stereocenters. The number of para-hydroxylation sites is 2. The third kappa shape index (κ3) is 4.69. The molecule has 0 aromatic heterocycles. The van der Waals surface area contributed by atoms with Crippen LogP contribution in [-0.2, 0) is 10.8 Å². The van der Waals surface area contributed by atoms with E-state index in [1.54, 1.807) is 0 Å². The SMILES string of the molecule is CC1(C)c2ccccc2Oc2cccc(-c3cccc4c(-c5ccc6ccccc6c5)c5cccc(-c6cccc7c6C(C)(C)c6ccccc6O7)c5cc34)c21. The molecular weight excluding hydrogens is 681 g/mol. The number of ether oxygens (including phenoxy) is 2. The van der Waals surface area contributed by atoms with Crippen LogP contribution < -0.4 is 9.47 Å². The van der Waals surface area contributed by atoms with Gasteiger partial charge >= 0.3 is 0 Å². The summed E-state index contributed by atoms with van der Waals surface area (Å²) in [5, 5.41) is 7.34. The van der Waals surface area contributed by atoms with Crippen molar-refractivity contribution in [1.29, 1.82) is 0 Å². The first-order valence-electron chi connectivity index (χ1n) is 19.6. The van der Waals surface area contributed by atoms with Gasteiger partial charge in [0.05, 0.1) is 0 Å². The lowest BCUT2D eigenvalue weighted by Crippen LogP contribution is -2.25. The fourth-order valence-corrected chi connectivity index (χ4v) is 9.91. The Morgan fingerprint density at radius 1 is 0.339 bits per heavy atom. The van der Waals surface area contributed by atoms with Crippen molar-refractivity contribution in [3.8, 4) is 56.4 Å². The Labute approximate surface area is 327 Å². The minimum absolute atomic E-state index is 0.281. The van der Waals surface area contributed by atoms with Gasteiger partial charge < -0.3 is 9.47 Å². The third-order valence-electron chi connectivity index (χ3n) is 12.5. The van der Waals surface area contributed by atoms with Crippen LogP contribution in [0.1, 0.15) is 49.9 Å². The summed E-state index contributed by atoms with van der Waals surface area (Å²) in [7, 11) is 0. The molecule has 56 heavy (non-hydrogen) atoms. The Kier molecular flexibility index (Phi) is 6.98. The summed E-state index contributed by atoms with van der Waals surface area (Å²) in [6.07, 6.45) is 0. The second-order valence-electron chi connectivity index (χ2n) is 16.4. The van der Waals surface area contributed by atoms with E-state index in [1.807, 2.05) is 0 Å². The number of hydrogen-bond acceptors (Lipinski definition) is 2. The molecule has 0 N–H and O–H groups in total. The van der Waals surface area contributed by atoms with Crippen molar-refractivity contribution in [2.75, 3.05) is 0 Å². The van der Waals surface area contributed by atoms with Gasteiger partial charge in [0.15, 0.2) is 0 Å². The number of benzene rings is 9. The second kappa shape index (κ2) is 11.9. The summed E-state index contributed by atoms with van der Waals surface area (Å²) in [4.78, 5) is 0. The molecule has 268 valence electrons. The molecule has 2 aliphatic rings. The average Bonchev–Trinajstić information content (AvgIpc) is 3.22. The summed E-state index contributed by atoms with van der Waals surface area (Å²) in [6.45, 7) is 9.32. The highest BCUT2D eigenvalue weighted by Gasteiger charge is 2.38. The van der Waals surface area contributed by atoms with E-state index < -0.39 is 0 Å². The topological polar surface area (TPSA) is 18.5 Å². The lowest BCUT2D eigenvalue weighted by Gasteiger charge is -2.36. The predicted molar refractivity (Wildman–Crippen MR) is 233 cm³/mol. The molecule has 2 heteroatoms. The largest absolute Gasteiger partial charge is 0.457 e. The van der Waals surface area contributed by atoms with Gasteiger partial charge in [0, 0.05) is 33.1 Å². The molecule has 0 unspecified atom stereocenters. The number of hydrogen-bond donors (Lipinski definition) is 0. The maximum atomic E-state index is 6.65. The van der Waals surface area contributed by atoms with Gasteiger partial charge in [0.1, 0.15) is 23.0 Å². The zero-order valence-electron chi connectivity index (χ0n) is 32.0. The van der Waals surface area contributed by atoms with Gasteiger partial charge in [-0.3, -0.25) is 0 Å². The van der Waals surface area contributed by atoms with Gasteiger partial charge in [0.2, 0.25) is 0 Å². The molecule has 9 aromatic rings. The Morgan fingerprint density at radius 3 is 1.34 bits per heavy atom. The van der Waals surface area contributed by atoms with Crippen LogP contribution in [0.4, 0.5) is 0 Å². The van der Waals surface area contributed by atoms with Crippen LogP contribution in [0, 0.1) is 0 Å². The van der Waals surface area contributed by atoms with Crippen LogP contribution >= 0.6 is 0 Å². The Balaban J connectivity index is 1.24. The van der Waals surface area contributed by atoms with Crippen molar-refractivity contribution in [3.05, 3.63) is 192 Å². The maximum absolute atomic E-state index is 6.65. The smallest absolute Gasteiger partial charge is 0.132 e. The molecule has 2 heterocycles. The van der Waals surface area contributed by atoms with Crippen LogP contribution in [0.5, 0.6) is 23.0 Å². The van der Waals surface area contributed by atoms with Gasteiger partial charge in [-0.15, -0.1) is 0 Å². The van der Waals surface area contributed by atoms with Crippen LogP contribution in [0.3, 0.4) is 0 Å². The molecule has 0 aliphatic carbocycles. The summed E-state index contributed by atoms with van der Waals surface area (Å²) in [5.74, 6) is 3.68. The van der Waals surface area contributed by atoms with E-state index in [0.29, 0.717) is 0 Å². The molecule has 0 spiro atoms. The van der Waals surface area contributed by atoms with Gasteiger partial charge in [-0.25, -0.2) is 0 Å². The van der Waals surface area contributed by atoms with E-state index in [-0.39, 0.29) is 10.8 Å². The zero-order valence-corrected chi connectivity index (χ0v) is 32.0. The van der Waals surface area contributed by atoms with Crippen molar-refractivity contribution < 1.29 is 9.47 Å². The van der Waals surface area contributed by atoms with Crippen molar-refractivity contribution in [3.63, 3.8) is 0 Å². The van der Waals surface area contributed by atoms with E-state index >= 15 is 0 Å². The molecular formula is C54H40O2. The molecule has 0 bridgehead atoms. The summed E-state index contributed by atoms with van der Waals surface area (Å²) in [6, 6.07) is 61.7. The number of fused-ring (bicyclic) bond motifs is 7. The van der Waals surface area contributed by atoms with Crippen LogP contribution in [0.2, 0.25) is 0 Å². The fourth-order valence-electron chi connectivity index (χ4n) is 9.91. The molecule has 2 nitrogen and oxygen atoms in total. The van der Waals surface area contributed by atoms with Crippen LogP contribution in [0.25, 0.3) is 65.7 Å².